The van der Waals surface area contributed by atoms with Gasteiger partial charge in [0, 0.05) is 21.3 Å². The highest BCUT2D eigenvalue weighted by Gasteiger charge is 2.47. The molecule has 0 aromatic carbocycles. The molecule has 1 saturated carbocycles. The summed E-state index contributed by atoms with van der Waals surface area (Å²) >= 11 is 0. The second-order valence-corrected chi connectivity index (χ2v) is 5.57. The van der Waals surface area contributed by atoms with E-state index in [1.54, 1.807) is 21.3 Å². The van der Waals surface area contributed by atoms with Crippen molar-refractivity contribution >= 4 is 0 Å². The molecule has 0 spiro atoms. The average molecular weight is 290 g/mol. The van der Waals surface area contributed by atoms with Crippen molar-refractivity contribution < 1.29 is 28.8 Å². The van der Waals surface area contributed by atoms with Crippen LogP contribution in [0.15, 0.2) is 0 Å². The largest absolute Gasteiger partial charge is 0.385 e. The van der Waals surface area contributed by atoms with E-state index in [9.17, 15) is 5.11 Å². The van der Waals surface area contributed by atoms with E-state index < -0.39 is 18.5 Å². The summed E-state index contributed by atoms with van der Waals surface area (Å²) in [5, 5.41) is 10.4. The van der Waals surface area contributed by atoms with Gasteiger partial charge in [0.2, 0.25) is 0 Å². The molecule has 0 unspecified atom stereocenters. The average Bonchev–Trinajstić information content (AvgIpc) is 3.26. The molecule has 0 amide bonds. The molecular weight excluding hydrogens is 264 g/mol. The third kappa shape index (κ3) is 3.50. The highest BCUT2D eigenvalue weighted by Crippen LogP contribution is 2.36. The molecule has 1 N–H and O–H groups in total. The van der Waals surface area contributed by atoms with E-state index in [1.165, 1.54) is 12.8 Å². The molecule has 6 nitrogen and oxygen atoms in total. The van der Waals surface area contributed by atoms with Crippen LogP contribution in [0.25, 0.3) is 0 Å². The van der Waals surface area contributed by atoms with Gasteiger partial charge in [0.25, 0.3) is 0 Å². The molecule has 6 atom stereocenters. The lowest BCUT2D eigenvalue weighted by Gasteiger charge is -2.43. The van der Waals surface area contributed by atoms with Gasteiger partial charge in [0.1, 0.15) is 24.4 Å². The number of hydrogen-bond donors (Lipinski definition) is 1. The first kappa shape index (κ1) is 16.1. The van der Waals surface area contributed by atoms with E-state index in [4.69, 9.17) is 23.7 Å². The van der Waals surface area contributed by atoms with Gasteiger partial charge in [-0.2, -0.15) is 0 Å². The van der Waals surface area contributed by atoms with Gasteiger partial charge in [0.05, 0.1) is 12.7 Å². The van der Waals surface area contributed by atoms with Crippen LogP contribution in [0.1, 0.15) is 19.8 Å². The first-order valence-electron chi connectivity index (χ1n) is 7.15. The number of aliphatic hydroxyl groups excluding tert-OH is 1. The molecule has 118 valence electrons. The highest BCUT2D eigenvalue weighted by atomic mass is 16.7. The predicted molar refractivity (Wildman–Crippen MR) is 71.4 cm³/mol. The zero-order valence-electron chi connectivity index (χ0n) is 12.7. The summed E-state index contributed by atoms with van der Waals surface area (Å²) in [7, 11) is 4.73. The SMILES string of the molecule is COC[C@H]1O[C@H](O[C@@H](C)C2CC2)[C@@H](O)[C@@H](OC)[C@@H]1OC. The minimum absolute atomic E-state index is 0.0782. The van der Waals surface area contributed by atoms with Crippen LogP contribution >= 0.6 is 0 Å². The standard InChI is InChI=1S/C14H26O6/c1-8(9-5-6-9)19-14-11(15)13(18-4)12(17-3)10(20-14)7-16-2/h8-15H,5-7H2,1-4H3/t8-,10+,11-,12+,13+,14-/m0/s1. The Morgan fingerprint density at radius 2 is 1.80 bits per heavy atom. The van der Waals surface area contributed by atoms with Gasteiger partial charge in [-0.3, -0.25) is 0 Å². The zero-order valence-corrected chi connectivity index (χ0v) is 12.7. The molecule has 0 aromatic heterocycles. The fraction of sp³-hybridized carbons (Fsp3) is 1.00. The molecule has 2 rings (SSSR count). The lowest BCUT2D eigenvalue weighted by atomic mass is 9.98. The number of methoxy groups -OCH3 is 3. The van der Waals surface area contributed by atoms with Gasteiger partial charge < -0.3 is 28.8 Å². The third-order valence-electron chi connectivity index (χ3n) is 4.12. The second-order valence-electron chi connectivity index (χ2n) is 5.57. The first-order chi connectivity index (χ1) is 9.62. The first-order valence-corrected chi connectivity index (χ1v) is 7.15. The molecule has 0 aromatic rings. The van der Waals surface area contributed by atoms with Gasteiger partial charge in [0.15, 0.2) is 6.29 Å². The Hall–Kier alpha value is -0.240. The minimum Gasteiger partial charge on any atom is -0.385 e. The number of aliphatic hydroxyl groups is 1. The van der Waals surface area contributed by atoms with Crippen molar-refractivity contribution in [3.05, 3.63) is 0 Å². The fourth-order valence-corrected chi connectivity index (χ4v) is 2.75. The van der Waals surface area contributed by atoms with Gasteiger partial charge >= 0.3 is 0 Å². The van der Waals surface area contributed by atoms with Crippen molar-refractivity contribution in [2.45, 2.75) is 56.6 Å². The molecule has 20 heavy (non-hydrogen) atoms. The van der Waals surface area contributed by atoms with Crippen LogP contribution in [0.3, 0.4) is 0 Å². The Balaban J connectivity index is 2.03. The van der Waals surface area contributed by atoms with E-state index >= 15 is 0 Å². The van der Waals surface area contributed by atoms with E-state index in [-0.39, 0.29) is 18.3 Å². The Labute approximate surface area is 120 Å². The van der Waals surface area contributed by atoms with Crippen molar-refractivity contribution in [1.29, 1.82) is 0 Å². The summed E-state index contributed by atoms with van der Waals surface area (Å²) in [6.07, 6.45) is -0.346. The van der Waals surface area contributed by atoms with Gasteiger partial charge in [-0.15, -0.1) is 0 Å². The molecule has 0 radical (unpaired) electrons. The molecule has 6 heteroatoms. The predicted octanol–water partition coefficient (Wildman–Crippen LogP) is 0.564. The van der Waals surface area contributed by atoms with E-state index in [2.05, 4.69) is 0 Å². The van der Waals surface area contributed by atoms with Crippen LogP contribution in [-0.4, -0.2) is 69.9 Å². The number of ether oxygens (including phenoxy) is 5. The molecular formula is C14H26O6. The van der Waals surface area contributed by atoms with E-state index in [1.807, 2.05) is 6.92 Å². The number of rotatable bonds is 7. The Morgan fingerprint density at radius 1 is 1.15 bits per heavy atom. The zero-order chi connectivity index (χ0) is 14.7. The Bertz CT molecular complexity index is 295. The quantitative estimate of drug-likeness (QED) is 0.739. The smallest absolute Gasteiger partial charge is 0.186 e. The maximum atomic E-state index is 10.4. The molecule has 1 aliphatic heterocycles. The van der Waals surface area contributed by atoms with Crippen LogP contribution in [0.4, 0.5) is 0 Å². The van der Waals surface area contributed by atoms with E-state index in [0.717, 1.165) is 0 Å². The van der Waals surface area contributed by atoms with Gasteiger partial charge in [-0.1, -0.05) is 0 Å². The van der Waals surface area contributed by atoms with Crippen molar-refractivity contribution in [2.24, 2.45) is 5.92 Å². The highest BCUT2D eigenvalue weighted by molar-refractivity contribution is 4.92. The Kier molecular flexibility index (Phi) is 5.77. The number of hydrogen-bond acceptors (Lipinski definition) is 6. The summed E-state index contributed by atoms with van der Waals surface area (Å²) in [6.45, 7) is 2.38. The van der Waals surface area contributed by atoms with Gasteiger partial charge in [-0.25, -0.2) is 0 Å². The summed E-state index contributed by atoms with van der Waals surface area (Å²) in [6, 6.07) is 0. The van der Waals surface area contributed by atoms with Crippen LogP contribution in [0.2, 0.25) is 0 Å². The lowest BCUT2D eigenvalue weighted by Crippen LogP contribution is -2.61. The molecule has 1 saturated heterocycles. The van der Waals surface area contributed by atoms with Crippen LogP contribution in [0, 0.1) is 5.92 Å². The Morgan fingerprint density at radius 3 is 2.30 bits per heavy atom. The summed E-state index contributed by atoms with van der Waals surface area (Å²) < 4.78 is 27.6. The fourth-order valence-electron chi connectivity index (χ4n) is 2.75. The molecule has 1 aliphatic carbocycles. The third-order valence-corrected chi connectivity index (χ3v) is 4.12. The van der Waals surface area contributed by atoms with Crippen molar-refractivity contribution in [3.63, 3.8) is 0 Å². The van der Waals surface area contributed by atoms with Crippen LogP contribution in [0.5, 0.6) is 0 Å². The molecule has 0 bridgehead atoms. The molecule has 2 aliphatic rings. The van der Waals surface area contributed by atoms with Crippen LogP contribution < -0.4 is 0 Å². The van der Waals surface area contributed by atoms with Crippen LogP contribution in [-0.2, 0) is 23.7 Å². The topological polar surface area (TPSA) is 66.4 Å². The second kappa shape index (κ2) is 7.15. The summed E-state index contributed by atoms with van der Waals surface area (Å²) in [4.78, 5) is 0. The van der Waals surface area contributed by atoms with Crippen molar-refractivity contribution in [3.8, 4) is 0 Å². The summed E-state index contributed by atoms with van der Waals surface area (Å²) in [5.74, 6) is 0.577. The van der Waals surface area contributed by atoms with Crippen molar-refractivity contribution in [2.75, 3.05) is 27.9 Å². The molecule has 1 heterocycles. The maximum absolute atomic E-state index is 10.4. The molecule has 2 fully saturated rings. The van der Waals surface area contributed by atoms with Gasteiger partial charge in [-0.05, 0) is 25.7 Å². The summed E-state index contributed by atoms with van der Waals surface area (Å²) in [5.41, 5.74) is 0. The van der Waals surface area contributed by atoms with E-state index in [0.29, 0.717) is 12.5 Å². The lowest BCUT2D eigenvalue weighted by molar-refractivity contribution is -0.318. The van der Waals surface area contributed by atoms with Crippen molar-refractivity contribution in [1.82, 2.24) is 0 Å². The normalized spacial score (nSPS) is 39.8. The maximum Gasteiger partial charge on any atom is 0.186 e. The monoisotopic (exact) mass is 290 g/mol. The minimum atomic E-state index is -0.876.